The van der Waals surface area contributed by atoms with Crippen LogP contribution in [0.25, 0.3) is 0 Å². The van der Waals surface area contributed by atoms with E-state index in [0.29, 0.717) is 6.04 Å². The minimum atomic E-state index is 0.468. The monoisotopic (exact) mass is 291 g/mol. The Bertz CT molecular complexity index is 522. The quantitative estimate of drug-likeness (QED) is 0.833. The lowest BCUT2D eigenvalue weighted by atomic mass is 10.1. The first kappa shape index (κ1) is 15.3. The van der Waals surface area contributed by atoms with Crippen molar-refractivity contribution in [2.45, 2.75) is 53.1 Å². The van der Waals surface area contributed by atoms with E-state index in [4.69, 9.17) is 0 Å². The molecule has 0 aliphatic carbocycles. The number of hydrogen-bond donors (Lipinski definition) is 1. The zero-order valence-electron chi connectivity index (χ0n) is 12.9. The first-order chi connectivity index (χ1) is 9.63. The van der Waals surface area contributed by atoms with Gasteiger partial charge in [-0.3, -0.25) is 0 Å². The second-order valence-electron chi connectivity index (χ2n) is 5.28. The van der Waals surface area contributed by atoms with Crippen molar-refractivity contribution in [3.63, 3.8) is 0 Å². The van der Waals surface area contributed by atoms with Crippen LogP contribution in [0.15, 0.2) is 18.5 Å². The summed E-state index contributed by atoms with van der Waals surface area (Å²) in [5, 5.41) is 4.79. The summed E-state index contributed by atoms with van der Waals surface area (Å²) < 4.78 is 2.24. The normalized spacial score (nSPS) is 12.8. The Hall–Kier alpha value is -1.13. The molecule has 0 aliphatic heterocycles. The molecule has 0 radical (unpaired) electrons. The van der Waals surface area contributed by atoms with E-state index in [1.165, 1.54) is 21.9 Å². The van der Waals surface area contributed by atoms with Crippen LogP contribution in [-0.4, -0.2) is 16.1 Å². The number of rotatable bonds is 7. The smallest absolute Gasteiger partial charge is 0.113 e. The van der Waals surface area contributed by atoms with E-state index in [1.807, 2.05) is 0 Å². The van der Waals surface area contributed by atoms with Gasteiger partial charge in [0.05, 0.1) is 12.2 Å². The molecule has 0 saturated carbocycles. The Balaban J connectivity index is 2.04. The summed E-state index contributed by atoms with van der Waals surface area (Å²) in [6, 6.07) is 2.69. The van der Waals surface area contributed by atoms with Gasteiger partial charge in [-0.25, -0.2) is 4.98 Å². The molecule has 0 fully saturated rings. The summed E-state index contributed by atoms with van der Waals surface area (Å²) in [5.41, 5.74) is 2.54. The molecule has 2 aromatic rings. The van der Waals surface area contributed by atoms with E-state index in [-0.39, 0.29) is 0 Å². The number of aryl methyl sites for hydroxylation is 2. The third kappa shape index (κ3) is 3.70. The maximum absolute atomic E-state index is 4.61. The molecule has 0 aliphatic rings. The second-order valence-corrected chi connectivity index (χ2v) is 6.57. The van der Waals surface area contributed by atoms with Crippen molar-refractivity contribution in [1.29, 1.82) is 0 Å². The van der Waals surface area contributed by atoms with Gasteiger partial charge in [-0.05, 0) is 44.9 Å². The molecule has 1 atom stereocenters. The SMILES string of the molecule is CCCNC(CC)c1ccn(Cc2nc(C)c(C)s2)c1. The van der Waals surface area contributed by atoms with E-state index >= 15 is 0 Å². The summed E-state index contributed by atoms with van der Waals surface area (Å²) in [6.07, 6.45) is 6.72. The Morgan fingerprint density at radius 3 is 2.75 bits per heavy atom. The van der Waals surface area contributed by atoms with Crippen molar-refractivity contribution < 1.29 is 0 Å². The maximum Gasteiger partial charge on any atom is 0.113 e. The van der Waals surface area contributed by atoms with E-state index < -0.39 is 0 Å². The lowest BCUT2D eigenvalue weighted by Gasteiger charge is -2.14. The van der Waals surface area contributed by atoms with Crippen molar-refractivity contribution >= 4 is 11.3 Å². The molecule has 0 saturated heterocycles. The lowest BCUT2D eigenvalue weighted by Crippen LogP contribution is -2.21. The van der Waals surface area contributed by atoms with Gasteiger partial charge in [0.1, 0.15) is 5.01 Å². The molecule has 0 amide bonds. The Kier molecular flexibility index (Phi) is 5.38. The molecule has 1 unspecified atom stereocenters. The van der Waals surface area contributed by atoms with Crippen LogP contribution in [-0.2, 0) is 6.54 Å². The fourth-order valence-electron chi connectivity index (χ4n) is 2.34. The highest BCUT2D eigenvalue weighted by Crippen LogP contribution is 2.20. The first-order valence-corrected chi connectivity index (χ1v) is 8.27. The van der Waals surface area contributed by atoms with Crippen molar-refractivity contribution in [2.75, 3.05) is 6.54 Å². The molecule has 0 spiro atoms. The Labute approximate surface area is 126 Å². The Morgan fingerprint density at radius 1 is 1.35 bits per heavy atom. The minimum absolute atomic E-state index is 0.468. The average Bonchev–Trinajstić information content (AvgIpc) is 2.99. The maximum atomic E-state index is 4.61. The van der Waals surface area contributed by atoms with E-state index in [9.17, 15) is 0 Å². The third-order valence-corrected chi connectivity index (χ3v) is 4.67. The highest BCUT2D eigenvalue weighted by Gasteiger charge is 2.10. The molecule has 2 heterocycles. The van der Waals surface area contributed by atoms with Gasteiger partial charge in [0.15, 0.2) is 0 Å². The van der Waals surface area contributed by atoms with Gasteiger partial charge in [0, 0.05) is 23.3 Å². The minimum Gasteiger partial charge on any atom is -0.347 e. The summed E-state index contributed by atoms with van der Waals surface area (Å²) >= 11 is 1.80. The topological polar surface area (TPSA) is 29.9 Å². The molecule has 0 bridgehead atoms. The molecule has 1 N–H and O–H groups in total. The molecule has 110 valence electrons. The standard InChI is InChI=1S/C16H25N3S/c1-5-8-17-15(6-2)14-7-9-19(10-14)11-16-18-12(3)13(4)20-16/h7,9-10,15,17H,5-6,8,11H2,1-4H3. The van der Waals surface area contributed by atoms with Gasteiger partial charge in [-0.1, -0.05) is 13.8 Å². The second kappa shape index (κ2) is 7.04. The molecule has 2 rings (SSSR count). The lowest BCUT2D eigenvalue weighted by molar-refractivity contribution is 0.517. The van der Waals surface area contributed by atoms with Gasteiger partial charge in [0.25, 0.3) is 0 Å². The van der Waals surface area contributed by atoms with Gasteiger partial charge in [0.2, 0.25) is 0 Å². The van der Waals surface area contributed by atoms with Crippen molar-refractivity contribution in [1.82, 2.24) is 14.9 Å². The van der Waals surface area contributed by atoms with E-state index in [1.54, 1.807) is 11.3 Å². The van der Waals surface area contributed by atoms with Crippen LogP contribution in [0.5, 0.6) is 0 Å². The predicted octanol–water partition coefficient (Wildman–Crippen LogP) is 4.06. The van der Waals surface area contributed by atoms with Crippen molar-refractivity contribution in [3.8, 4) is 0 Å². The van der Waals surface area contributed by atoms with Crippen LogP contribution in [0.2, 0.25) is 0 Å². The largest absolute Gasteiger partial charge is 0.347 e. The van der Waals surface area contributed by atoms with Crippen LogP contribution >= 0.6 is 11.3 Å². The van der Waals surface area contributed by atoms with Gasteiger partial charge in [-0.2, -0.15) is 0 Å². The average molecular weight is 291 g/mol. The summed E-state index contributed by atoms with van der Waals surface area (Å²) in [4.78, 5) is 5.93. The van der Waals surface area contributed by atoms with E-state index in [0.717, 1.165) is 25.2 Å². The fraction of sp³-hybridized carbons (Fsp3) is 0.562. The first-order valence-electron chi connectivity index (χ1n) is 7.46. The molecular formula is C16H25N3S. The van der Waals surface area contributed by atoms with Crippen LogP contribution in [0.1, 0.15) is 53.9 Å². The molecule has 2 aromatic heterocycles. The number of aromatic nitrogens is 2. The number of hydrogen-bond acceptors (Lipinski definition) is 3. The number of thiazole rings is 1. The van der Waals surface area contributed by atoms with Gasteiger partial charge in [-0.15, -0.1) is 11.3 Å². The van der Waals surface area contributed by atoms with Gasteiger partial charge >= 0.3 is 0 Å². The van der Waals surface area contributed by atoms with E-state index in [2.05, 4.69) is 61.0 Å². The van der Waals surface area contributed by atoms with Crippen LogP contribution < -0.4 is 5.32 Å². The molecular weight excluding hydrogens is 266 g/mol. The van der Waals surface area contributed by atoms with Crippen LogP contribution in [0.4, 0.5) is 0 Å². The third-order valence-electron chi connectivity index (χ3n) is 3.62. The molecule has 20 heavy (non-hydrogen) atoms. The number of nitrogens with one attached hydrogen (secondary N) is 1. The molecule has 3 nitrogen and oxygen atoms in total. The highest BCUT2D eigenvalue weighted by molar-refractivity contribution is 7.11. The van der Waals surface area contributed by atoms with Gasteiger partial charge < -0.3 is 9.88 Å². The summed E-state index contributed by atoms with van der Waals surface area (Å²) in [6.45, 7) is 10.6. The van der Waals surface area contributed by atoms with Crippen LogP contribution in [0.3, 0.4) is 0 Å². The summed E-state index contributed by atoms with van der Waals surface area (Å²) in [5.74, 6) is 0. The summed E-state index contributed by atoms with van der Waals surface area (Å²) in [7, 11) is 0. The number of nitrogens with zero attached hydrogens (tertiary/aromatic N) is 2. The van der Waals surface area contributed by atoms with Crippen molar-refractivity contribution in [3.05, 3.63) is 39.6 Å². The predicted molar refractivity (Wildman–Crippen MR) is 86.4 cm³/mol. The fourth-order valence-corrected chi connectivity index (χ4v) is 3.29. The van der Waals surface area contributed by atoms with Crippen molar-refractivity contribution in [2.24, 2.45) is 0 Å². The highest BCUT2D eigenvalue weighted by atomic mass is 32.1. The molecule has 4 heteroatoms. The zero-order valence-corrected chi connectivity index (χ0v) is 13.8. The molecule has 0 aromatic carbocycles. The van der Waals surface area contributed by atoms with Crippen LogP contribution in [0, 0.1) is 13.8 Å². The zero-order chi connectivity index (χ0) is 14.5. The Morgan fingerprint density at radius 2 is 2.15 bits per heavy atom.